The molecule has 3 rings (SSSR count). The predicted octanol–water partition coefficient (Wildman–Crippen LogP) is 3.56. The Morgan fingerprint density at radius 1 is 1.00 bits per heavy atom. The fourth-order valence-corrected chi connectivity index (χ4v) is 3.31. The topological polar surface area (TPSA) is 66.5 Å². The molecule has 0 unspecified atom stereocenters. The summed E-state index contributed by atoms with van der Waals surface area (Å²) in [5, 5.41) is 1.16. The molecule has 2 aromatic rings. The molecule has 2 aromatic carbocycles. The van der Waals surface area contributed by atoms with E-state index in [0.717, 1.165) is 28.8 Å². The molecule has 1 atom stereocenters. The molecule has 0 radical (unpaired) electrons. The van der Waals surface area contributed by atoms with Gasteiger partial charge >= 0.3 is 0 Å². The molecule has 1 heterocycles. The number of benzene rings is 2. The molecule has 0 saturated carbocycles. The lowest BCUT2D eigenvalue weighted by Crippen LogP contribution is -2.32. The van der Waals surface area contributed by atoms with Crippen molar-refractivity contribution >= 4 is 40.2 Å². The van der Waals surface area contributed by atoms with E-state index in [0.29, 0.717) is 5.69 Å². The molecular weight excluding hydrogens is 350 g/mol. The number of hydrogen-bond acceptors (Lipinski definition) is 4. The van der Waals surface area contributed by atoms with Crippen molar-refractivity contribution in [2.45, 2.75) is 11.7 Å². The summed E-state index contributed by atoms with van der Waals surface area (Å²) < 4.78 is 25.8. The van der Waals surface area contributed by atoms with Crippen molar-refractivity contribution in [3.05, 3.63) is 60.2 Å². The highest BCUT2D eigenvalue weighted by Crippen LogP contribution is 2.33. The molecule has 25 heavy (non-hydrogen) atoms. The van der Waals surface area contributed by atoms with Gasteiger partial charge < -0.3 is 5.32 Å². The molecule has 0 spiro atoms. The van der Waals surface area contributed by atoms with Crippen LogP contribution in [-0.2, 0) is 9.59 Å². The Kier molecular flexibility index (Phi) is 4.80. The van der Waals surface area contributed by atoms with E-state index in [2.05, 4.69) is 5.32 Å². The summed E-state index contributed by atoms with van der Waals surface area (Å²) in [6.07, 6.45) is -0.204. The largest absolute Gasteiger partial charge is 0.326 e. The van der Waals surface area contributed by atoms with Gasteiger partial charge in [-0.1, -0.05) is 0 Å². The minimum atomic E-state index is -0.863. The van der Waals surface area contributed by atoms with E-state index in [1.54, 1.807) is 0 Å². The van der Waals surface area contributed by atoms with E-state index in [4.69, 9.17) is 0 Å². The number of hydrogen-bond donors (Lipinski definition) is 1. The molecule has 5 nitrogen and oxygen atoms in total. The second-order valence-electron chi connectivity index (χ2n) is 5.28. The molecule has 1 N–H and O–H groups in total. The summed E-state index contributed by atoms with van der Waals surface area (Å²) >= 11 is 0.745. The van der Waals surface area contributed by atoms with Crippen LogP contribution in [0.4, 0.5) is 25.0 Å². The maximum absolute atomic E-state index is 13.0. The molecule has 0 aromatic heterocycles. The Balaban J connectivity index is 1.66. The Morgan fingerprint density at radius 2 is 1.56 bits per heavy atom. The zero-order valence-corrected chi connectivity index (χ0v) is 13.6. The fourth-order valence-electron chi connectivity index (χ4n) is 2.32. The van der Waals surface area contributed by atoms with Crippen LogP contribution in [0.15, 0.2) is 48.5 Å². The lowest BCUT2D eigenvalue weighted by molar-refractivity contribution is -0.121. The lowest BCUT2D eigenvalue weighted by atomic mass is 10.2. The van der Waals surface area contributed by atoms with Crippen LogP contribution in [0, 0.1) is 11.6 Å². The third kappa shape index (κ3) is 3.85. The van der Waals surface area contributed by atoms with Gasteiger partial charge in [0.1, 0.15) is 16.9 Å². The maximum atomic E-state index is 13.0. The molecular formula is C17H12F2N2O3S. The first-order valence-electron chi connectivity index (χ1n) is 7.29. The number of carbonyl (C=O) groups is 3. The average molecular weight is 362 g/mol. The summed E-state index contributed by atoms with van der Waals surface area (Å²) in [4.78, 5) is 37.4. The minimum Gasteiger partial charge on any atom is -0.326 e. The van der Waals surface area contributed by atoms with Crippen molar-refractivity contribution in [1.29, 1.82) is 0 Å². The van der Waals surface area contributed by atoms with E-state index in [1.165, 1.54) is 36.4 Å². The van der Waals surface area contributed by atoms with Gasteiger partial charge in [-0.25, -0.2) is 13.7 Å². The highest BCUT2D eigenvalue weighted by atomic mass is 32.2. The second kappa shape index (κ2) is 7.02. The first kappa shape index (κ1) is 17.1. The highest BCUT2D eigenvalue weighted by Gasteiger charge is 2.41. The molecule has 3 amide bonds. The molecule has 1 aliphatic rings. The number of carbonyl (C=O) groups excluding carboxylic acids is 3. The number of rotatable bonds is 4. The van der Waals surface area contributed by atoms with E-state index in [9.17, 15) is 23.2 Å². The summed E-state index contributed by atoms with van der Waals surface area (Å²) in [5.41, 5.74) is 0.647. The van der Waals surface area contributed by atoms with Gasteiger partial charge in [-0.3, -0.25) is 14.4 Å². The van der Waals surface area contributed by atoms with Gasteiger partial charge in [-0.05, 0) is 60.3 Å². The summed E-state index contributed by atoms with van der Waals surface area (Å²) in [6.45, 7) is 0. The first-order valence-corrected chi connectivity index (χ1v) is 8.17. The number of thioether (sulfide) groups is 1. The number of anilines is 2. The first-order chi connectivity index (χ1) is 11.9. The monoisotopic (exact) mass is 362 g/mol. The average Bonchev–Trinajstić information content (AvgIpc) is 2.84. The van der Waals surface area contributed by atoms with Crippen LogP contribution in [-0.4, -0.2) is 22.3 Å². The van der Waals surface area contributed by atoms with Crippen LogP contribution in [0.25, 0.3) is 0 Å². The zero-order valence-electron chi connectivity index (χ0n) is 12.7. The van der Waals surface area contributed by atoms with Crippen molar-refractivity contribution in [2.24, 2.45) is 0 Å². The standard InChI is InChI=1S/C17H12F2N2O3S/c18-10-1-5-12(6-2-10)20-15(22)9-14-16(23)21(17(24)25-14)13-7-3-11(19)4-8-13/h1-8,14H,9H2,(H,20,22)/t14-/m0/s1. The quantitative estimate of drug-likeness (QED) is 0.903. The van der Waals surface area contributed by atoms with Crippen molar-refractivity contribution in [2.75, 3.05) is 10.2 Å². The molecule has 1 saturated heterocycles. The van der Waals surface area contributed by atoms with Gasteiger partial charge in [-0.15, -0.1) is 0 Å². The molecule has 1 fully saturated rings. The van der Waals surface area contributed by atoms with Crippen molar-refractivity contribution in [3.63, 3.8) is 0 Å². The highest BCUT2D eigenvalue weighted by molar-refractivity contribution is 8.15. The summed E-state index contributed by atoms with van der Waals surface area (Å²) in [7, 11) is 0. The smallest absolute Gasteiger partial charge is 0.293 e. The number of nitrogens with one attached hydrogen (secondary N) is 1. The van der Waals surface area contributed by atoms with Gasteiger partial charge in [0.05, 0.1) is 5.69 Å². The minimum absolute atomic E-state index is 0.204. The second-order valence-corrected chi connectivity index (χ2v) is 6.44. The van der Waals surface area contributed by atoms with Crippen molar-refractivity contribution < 1.29 is 23.2 Å². The van der Waals surface area contributed by atoms with Crippen molar-refractivity contribution in [3.8, 4) is 0 Å². The molecule has 0 bridgehead atoms. The molecule has 0 aliphatic carbocycles. The van der Waals surface area contributed by atoms with Gasteiger partial charge in [0.25, 0.3) is 5.24 Å². The molecule has 8 heteroatoms. The third-order valence-corrected chi connectivity index (χ3v) is 4.54. The predicted molar refractivity (Wildman–Crippen MR) is 90.3 cm³/mol. The van der Waals surface area contributed by atoms with Crippen LogP contribution >= 0.6 is 11.8 Å². The Labute approximate surface area is 146 Å². The van der Waals surface area contributed by atoms with E-state index in [-0.39, 0.29) is 12.1 Å². The Hall–Kier alpha value is -2.74. The summed E-state index contributed by atoms with van der Waals surface area (Å²) in [5.74, 6) is -1.91. The van der Waals surface area contributed by atoms with Crippen LogP contribution in [0.5, 0.6) is 0 Å². The Morgan fingerprint density at radius 3 is 2.16 bits per heavy atom. The zero-order chi connectivity index (χ0) is 18.0. The number of halogens is 2. The van der Waals surface area contributed by atoms with Gasteiger partial charge in [0, 0.05) is 12.1 Å². The van der Waals surface area contributed by atoms with Crippen LogP contribution in [0.2, 0.25) is 0 Å². The van der Waals surface area contributed by atoms with E-state index >= 15 is 0 Å². The number of nitrogens with zero attached hydrogens (tertiary/aromatic N) is 1. The van der Waals surface area contributed by atoms with Gasteiger partial charge in [0.15, 0.2) is 0 Å². The van der Waals surface area contributed by atoms with Crippen LogP contribution in [0.3, 0.4) is 0 Å². The lowest BCUT2D eigenvalue weighted by Gasteiger charge is -2.13. The van der Waals surface area contributed by atoms with E-state index < -0.39 is 33.9 Å². The summed E-state index contributed by atoms with van der Waals surface area (Å²) in [6, 6.07) is 10.1. The Bertz CT molecular complexity index is 825. The van der Waals surface area contributed by atoms with Crippen molar-refractivity contribution in [1.82, 2.24) is 0 Å². The molecule has 1 aliphatic heterocycles. The molecule has 128 valence electrons. The van der Waals surface area contributed by atoms with E-state index in [1.807, 2.05) is 0 Å². The van der Waals surface area contributed by atoms with Gasteiger partial charge in [-0.2, -0.15) is 0 Å². The fraction of sp³-hybridized carbons (Fsp3) is 0.118. The maximum Gasteiger partial charge on any atom is 0.293 e. The number of amides is 3. The van der Waals surface area contributed by atoms with Crippen LogP contribution in [0.1, 0.15) is 6.42 Å². The number of imide groups is 1. The SMILES string of the molecule is O=C(C[C@@H]1SC(=O)N(c2ccc(F)cc2)C1=O)Nc1ccc(F)cc1. The third-order valence-electron chi connectivity index (χ3n) is 3.51. The normalized spacial score (nSPS) is 17.0. The van der Waals surface area contributed by atoms with Gasteiger partial charge in [0.2, 0.25) is 11.8 Å². The van der Waals surface area contributed by atoms with Crippen LogP contribution < -0.4 is 10.2 Å².